The lowest BCUT2D eigenvalue weighted by atomic mass is 10.2. The van der Waals surface area contributed by atoms with Gasteiger partial charge in [-0.1, -0.05) is 15.9 Å². The van der Waals surface area contributed by atoms with Crippen LogP contribution in [0.5, 0.6) is 11.5 Å². The highest BCUT2D eigenvalue weighted by molar-refractivity contribution is 9.10. The lowest BCUT2D eigenvalue weighted by Gasteiger charge is -2.21. The van der Waals surface area contributed by atoms with E-state index in [-0.39, 0.29) is 11.9 Å². The number of benzene rings is 2. The number of methoxy groups -OCH3 is 1. The molecule has 0 bridgehead atoms. The maximum absolute atomic E-state index is 14.3. The Kier molecular flexibility index (Phi) is 7.24. The number of ether oxygens (including phenoxy) is 2. The molecule has 0 spiro atoms. The SMILES string of the molecule is COc1cc2c(Nc3ccc(Br)cc3F)ncnc2cc1OCCCN1CCCC1C(N)=O. The van der Waals surface area contributed by atoms with Crippen molar-refractivity contribution in [3.8, 4) is 11.5 Å². The summed E-state index contributed by atoms with van der Waals surface area (Å²) in [4.78, 5) is 22.3. The summed E-state index contributed by atoms with van der Waals surface area (Å²) in [5, 5.41) is 3.70. The molecule has 1 aliphatic rings. The molecule has 1 atom stereocenters. The number of likely N-dealkylation sites (tertiary alicyclic amines) is 1. The van der Waals surface area contributed by atoms with E-state index in [1.54, 1.807) is 31.4 Å². The van der Waals surface area contributed by atoms with Gasteiger partial charge in [0.15, 0.2) is 11.5 Å². The third kappa shape index (κ3) is 5.33. The molecule has 2 heterocycles. The number of rotatable bonds is 9. The van der Waals surface area contributed by atoms with E-state index < -0.39 is 5.82 Å². The van der Waals surface area contributed by atoms with Crippen LogP contribution in [0.1, 0.15) is 19.3 Å². The number of primary amides is 1. The van der Waals surface area contributed by atoms with Gasteiger partial charge in [0, 0.05) is 22.5 Å². The minimum absolute atomic E-state index is 0.182. The van der Waals surface area contributed by atoms with Gasteiger partial charge in [0.25, 0.3) is 0 Å². The molecule has 2 aromatic carbocycles. The highest BCUT2D eigenvalue weighted by atomic mass is 79.9. The lowest BCUT2D eigenvalue weighted by molar-refractivity contribution is -0.122. The quantitative estimate of drug-likeness (QED) is 0.413. The highest BCUT2D eigenvalue weighted by Gasteiger charge is 2.28. The van der Waals surface area contributed by atoms with Crippen LogP contribution in [-0.2, 0) is 4.79 Å². The molecule has 4 rings (SSSR count). The van der Waals surface area contributed by atoms with E-state index in [9.17, 15) is 9.18 Å². The molecule has 10 heteroatoms. The minimum Gasteiger partial charge on any atom is -0.493 e. The summed E-state index contributed by atoms with van der Waals surface area (Å²) < 4.78 is 26.4. The van der Waals surface area contributed by atoms with Crippen LogP contribution in [0.4, 0.5) is 15.9 Å². The zero-order valence-electron chi connectivity index (χ0n) is 18.2. The summed E-state index contributed by atoms with van der Waals surface area (Å²) in [5.74, 6) is 0.860. The number of hydrogen-bond acceptors (Lipinski definition) is 7. The molecule has 8 nitrogen and oxygen atoms in total. The van der Waals surface area contributed by atoms with Gasteiger partial charge in [0.2, 0.25) is 5.91 Å². The Hall–Kier alpha value is -2.98. The molecule has 174 valence electrons. The van der Waals surface area contributed by atoms with Crippen molar-refractivity contribution in [2.45, 2.75) is 25.3 Å². The van der Waals surface area contributed by atoms with Crippen LogP contribution < -0.4 is 20.5 Å². The van der Waals surface area contributed by atoms with Crippen molar-refractivity contribution in [3.05, 3.63) is 46.9 Å². The van der Waals surface area contributed by atoms with Gasteiger partial charge in [0.1, 0.15) is 18.0 Å². The van der Waals surface area contributed by atoms with Gasteiger partial charge >= 0.3 is 0 Å². The van der Waals surface area contributed by atoms with Gasteiger partial charge in [0.05, 0.1) is 31.0 Å². The zero-order valence-corrected chi connectivity index (χ0v) is 19.8. The van der Waals surface area contributed by atoms with Crippen molar-refractivity contribution < 1.29 is 18.7 Å². The number of nitrogens with two attached hydrogens (primary N) is 1. The van der Waals surface area contributed by atoms with Gasteiger partial charge in [-0.3, -0.25) is 9.69 Å². The molecule has 1 fully saturated rings. The number of amides is 1. The maximum Gasteiger partial charge on any atom is 0.234 e. The van der Waals surface area contributed by atoms with Crippen molar-refractivity contribution >= 4 is 44.2 Å². The molecule has 33 heavy (non-hydrogen) atoms. The molecule has 1 aromatic heterocycles. The number of carbonyl (C=O) groups is 1. The van der Waals surface area contributed by atoms with Gasteiger partial charge in [-0.2, -0.15) is 0 Å². The molecule has 1 aliphatic heterocycles. The summed E-state index contributed by atoms with van der Waals surface area (Å²) in [6, 6.07) is 8.12. The second-order valence-electron chi connectivity index (χ2n) is 7.79. The monoisotopic (exact) mass is 517 g/mol. The van der Waals surface area contributed by atoms with Gasteiger partial charge in [-0.15, -0.1) is 0 Å². The second kappa shape index (κ2) is 10.3. The fraction of sp³-hybridized carbons (Fsp3) is 0.348. The van der Waals surface area contributed by atoms with E-state index in [0.29, 0.717) is 45.0 Å². The van der Waals surface area contributed by atoms with Crippen molar-refractivity contribution in [1.82, 2.24) is 14.9 Å². The summed E-state index contributed by atoms with van der Waals surface area (Å²) in [7, 11) is 1.56. The zero-order chi connectivity index (χ0) is 23.4. The predicted octanol–water partition coefficient (Wildman–Crippen LogP) is 4.00. The number of fused-ring (bicyclic) bond motifs is 1. The standard InChI is InChI=1S/C23H25BrFN5O3/c1-32-20-11-15-18(27-13-28-23(15)29-17-6-5-14(24)10-16(17)25)12-21(20)33-9-3-8-30-7-2-4-19(30)22(26)31/h5-6,10-13,19H,2-4,7-9H2,1H3,(H2,26,31)(H,27,28,29). The molecule has 1 saturated heterocycles. The average molecular weight is 518 g/mol. The van der Waals surface area contributed by atoms with Crippen LogP contribution in [0.25, 0.3) is 10.9 Å². The Labute approximate surface area is 199 Å². The fourth-order valence-electron chi connectivity index (χ4n) is 4.02. The molecule has 1 amide bonds. The number of carbonyl (C=O) groups excluding carboxylic acids is 1. The van der Waals surface area contributed by atoms with Crippen molar-refractivity contribution in [2.24, 2.45) is 5.73 Å². The first kappa shape index (κ1) is 23.2. The predicted molar refractivity (Wildman–Crippen MR) is 127 cm³/mol. The number of hydrogen-bond donors (Lipinski definition) is 2. The molecule has 1 unspecified atom stereocenters. The van der Waals surface area contributed by atoms with Gasteiger partial charge < -0.3 is 20.5 Å². The number of aromatic nitrogens is 2. The molecule has 0 aliphatic carbocycles. The largest absolute Gasteiger partial charge is 0.493 e. The van der Waals surface area contributed by atoms with Crippen molar-refractivity contribution in [3.63, 3.8) is 0 Å². The summed E-state index contributed by atoms with van der Waals surface area (Å²) >= 11 is 3.26. The van der Waals surface area contributed by atoms with E-state index in [2.05, 4.69) is 36.1 Å². The topological polar surface area (TPSA) is 103 Å². The molecule has 0 saturated carbocycles. The first-order valence-corrected chi connectivity index (χ1v) is 11.5. The smallest absolute Gasteiger partial charge is 0.234 e. The van der Waals surface area contributed by atoms with Crippen molar-refractivity contribution in [2.75, 3.05) is 32.1 Å². The Morgan fingerprint density at radius 3 is 2.91 bits per heavy atom. The Morgan fingerprint density at radius 1 is 1.30 bits per heavy atom. The Morgan fingerprint density at radius 2 is 2.15 bits per heavy atom. The fourth-order valence-corrected chi connectivity index (χ4v) is 4.35. The molecule has 3 aromatic rings. The second-order valence-corrected chi connectivity index (χ2v) is 8.71. The van der Waals surface area contributed by atoms with Crippen LogP contribution in [-0.4, -0.2) is 53.6 Å². The first-order chi connectivity index (χ1) is 16.0. The van der Waals surface area contributed by atoms with Crippen LogP contribution in [0.2, 0.25) is 0 Å². The Bertz CT molecular complexity index is 1160. The number of nitrogens with one attached hydrogen (secondary N) is 1. The Balaban J connectivity index is 1.48. The van der Waals surface area contributed by atoms with E-state index in [1.807, 2.05) is 0 Å². The first-order valence-electron chi connectivity index (χ1n) is 10.7. The van der Waals surface area contributed by atoms with Crippen LogP contribution >= 0.6 is 15.9 Å². The van der Waals surface area contributed by atoms with Gasteiger partial charge in [-0.05, 0) is 50.1 Å². The number of nitrogens with zero attached hydrogens (tertiary/aromatic N) is 3. The lowest BCUT2D eigenvalue weighted by Crippen LogP contribution is -2.40. The van der Waals surface area contributed by atoms with Crippen LogP contribution in [0.3, 0.4) is 0 Å². The summed E-state index contributed by atoms with van der Waals surface area (Å²) in [6.07, 6.45) is 3.95. The number of anilines is 2. The third-order valence-electron chi connectivity index (χ3n) is 5.64. The van der Waals surface area contributed by atoms with E-state index in [4.69, 9.17) is 15.2 Å². The highest BCUT2D eigenvalue weighted by Crippen LogP contribution is 2.35. The molecule has 3 N–H and O–H groups in total. The third-order valence-corrected chi connectivity index (χ3v) is 6.14. The van der Waals surface area contributed by atoms with Crippen LogP contribution in [0.15, 0.2) is 41.1 Å². The van der Waals surface area contributed by atoms with Crippen LogP contribution in [0, 0.1) is 5.82 Å². The van der Waals surface area contributed by atoms with E-state index >= 15 is 0 Å². The summed E-state index contributed by atoms with van der Waals surface area (Å²) in [6.45, 7) is 2.06. The molecular formula is C23H25BrFN5O3. The average Bonchev–Trinajstić information content (AvgIpc) is 3.27. The van der Waals surface area contributed by atoms with E-state index in [0.717, 1.165) is 32.4 Å². The van der Waals surface area contributed by atoms with E-state index in [1.165, 1.54) is 12.4 Å². The minimum atomic E-state index is -0.403. The summed E-state index contributed by atoms with van der Waals surface area (Å²) in [5.41, 5.74) is 6.41. The van der Waals surface area contributed by atoms with Gasteiger partial charge in [-0.25, -0.2) is 14.4 Å². The molecule has 0 radical (unpaired) electrons. The van der Waals surface area contributed by atoms with Crippen molar-refractivity contribution in [1.29, 1.82) is 0 Å². The maximum atomic E-state index is 14.3. The normalized spacial score (nSPS) is 16.2. The molecular weight excluding hydrogens is 493 g/mol. The number of halogens is 2.